The molecule has 0 radical (unpaired) electrons. The molecule has 6 nitrogen and oxygen atoms in total. The van der Waals surface area contributed by atoms with Crippen LogP contribution >= 0.6 is 27.5 Å². The van der Waals surface area contributed by atoms with E-state index in [2.05, 4.69) is 25.9 Å². The Bertz CT molecular complexity index is 794. The van der Waals surface area contributed by atoms with Crippen molar-refractivity contribution in [3.8, 4) is 6.07 Å². The quantitative estimate of drug-likeness (QED) is 0.690. The van der Waals surface area contributed by atoms with Gasteiger partial charge in [-0.05, 0) is 47.7 Å². The van der Waals surface area contributed by atoms with E-state index in [1.807, 2.05) is 6.07 Å². The zero-order valence-electron chi connectivity index (χ0n) is 12.7. The predicted molar refractivity (Wildman–Crippen MR) is 95.4 cm³/mol. The van der Waals surface area contributed by atoms with Gasteiger partial charge in [-0.1, -0.05) is 18.0 Å². The van der Waals surface area contributed by atoms with Gasteiger partial charge in [0.2, 0.25) is 11.9 Å². The molecule has 1 saturated carbocycles. The Kier molecular flexibility index (Phi) is 4.40. The van der Waals surface area contributed by atoms with Crippen molar-refractivity contribution in [1.82, 2.24) is 0 Å². The Morgan fingerprint density at radius 3 is 2.62 bits per heavy atom. The lowest BCUT2D eigenvalue weighted by Gasteiger charge is -2.46. The second-order valence-electron chi connectivity index (χ2n) is 5.81. The van der Waals surface area contributed by atoms with E-state index >= 15 is 0 Å². The first kappa shape index (κ1) is 17.0. The molecule has 1 aliphatic heterocycles. The monoisotopic (exact) mass is 412 g/mol. The van der Waals surface area contributed by atoms with Crippen LogP contribution in [0.2, 0.25) is 5.02 Å². The maximum atomic E-state index is 14.5. The van der Waals surface area contributed by atoms with Gasteiger partial charge in [0.05, 0.1) is 15.2 Å². The van der Waals surface area contributed by atoms with Gasteiger partial charge in [-0.15, -0.1) is 0 Å². The third-order valence-corrected chi connectivity index (χ3v) is 5.20. The number of benzene rings is 1. The van der Waals surface area contributed by atoms with Crippen LogP contribution in [0.3, 0.4) is 0 Å². The first-order valence-corrected chi connectivity index (χ1v) is 8.64. The van der Waals surface area contributed by atoms with Crippen LogP contribution in [0.15, 0.2) is 20.5 Å². The first-order chi connectivity index (χ1) is 11.4. The molecule has 0 aromatic heterocycles. The van der Waals surface area contributed by atoms with Gasteiger partial charge >= 0.3 is 0 Å². The highest BCUT2D eigenvalue weighted by molar-refractivity contribution is 9.10. The summed E-state index contributed by atoms with van der Waals surface area (Å²) in [4.78, 5) is 10.1. The van der Waals surface area contributed by atoms with E-state index in [9.17, 15) is 9.65 Å². The number of rotatable bonds is 1. The molecule has 1 aromatic rings. The summed E-state index contributed by atoms with van der Waals surface area (Å²) in [7, 11) is 0. The summed E-state index contributed by atoms with van der Waals surface area (Å²) in [6, 6.07) is 3.28. The van der Waals surface area contributed by atoms with E-state index < -0.39 is 11.5 Å². The number of halogens is 3. The molecule has 0 atom stereocenters. The van der Waals surface area contributed by atoms with Crippen molar-refractivity contribution in [3.05, 3.63) is 26.9 Å². The SMILES string of the molecule is N#Cc1c(F)c(Br)cc(Cl)c1N1C(N)=NC(N)=NC12CCCCC2. The van der Waals surface area contributed by atoms with Gasteiger partial charge in [0, 0.05) is 0 Å². The molecular weight excluding hydrogens is 399 g/mol. The van der Waals surface area contributed by atoms with Crippen LogP contribution in [-0.2, 0) is 0 Å². The van der Waals surface area contributed by atoms with Crippen LogP contribution in [0.5, 0.6) is 0 Å². The molecule has 0 saturated heterocycles. The summed E-state index contributed by atoms with van der Waals surface area (Å²) < 4.78 is 14.6. The molecule has 24 heavy (non-hydrogen) atoms. The molecule has 0 amide bonds. The van der Waals surface area contributed by atoms with Crippen molar-refractivity contribution in [2.75, 3.05) is 4.90 Å². The van der Waals surface area contributed by atoms with E-state index in [-0.39, 0.29) is 32.7 Å². The van der Waals surface area contributed by atoms with Gasteiger partial charge in [0.25, 0.3) is 0 Å². The number of nitrogens with zero attached hydrogens (tertiary/aromatic N) is 4. The Balaban J connectivity index is 2.26. The van der Waals surface area contributed by atoms with Crippen LogP contribution in [-0.4, -0.2) is 17.6 Å². The van der Waals surface area contributed by atoms with Crippen molar-refractivity contribution in [2.45, 2.75) is 37.8 Å². The summed E-state index contributed by atoms with van der Waals surface area (Å²) in [5, 5.41) is 9.66. The van der Waals surface area contributed by atoms with Crippen molar-refractivity contribution < 1.29 is 4.39 Å². The largest absolute Gasteiger partial charge is 0.369 e. The van der Waals surface area contributed by atoms with Gasteiger partial charge in [-0.25, -0.2) is 9.38 Å². The standard InChI is InChI=1S/C15H15BrClFN6/c16-9-6-10(17)12(8(7-19)11(9)18)24-14(21)22-13(20)23-15(24)4-2-1-3-5-15/h6H,1-5H2,(H4,20,21,22,23). The highest BCUT2D eigenvalue weighted by Crippen LogP contribution is 2.44. The fourth-order valence-corrected chi connectivity index (χ4v) is 4.20. The second kappa shape index (κ2) is 6.22. The fraction of sp³-hybridized carbons (Fsp3) is 0.400. The highest BCUT2D eigenvalue weighted by atomic mass is 79.9. The van der Waals surface area contributed by atoms with Gasteiger partial charge < -0.3 is 11.5 Å². The third-order valence-electron chi connectivity index (χ3n) is 4.33. The number of guanidine groups is 2. The molecule has 2 aliphatic rings. The number of aliphatic imine (C=N–C) groups is 2. The van der Waals surface area contributed by atoms with Gasteiger partial charge in [-0.3, -0.25) is 4.90 Å². The Hall–Kier alpha value is -1.85. The van der Waals surface area contributed by atoms with Gasteiger partial charge in [-0.2, -0.15) is 10.3 Å². The Morgan fingerprint density at radius 1 is 1.33 bits per heavy atom. The average molecular weight is 414 g/mol. The fourth-order valence-electron chi connectivity index (χ4n) is 3.35. The minimum absolute atomic E-state index is 0.0597. The van der Waals surface area contributed by atoms with Gasteiger partial charge in [0.15, 0.2) is 5.82 Å². The van der Waals surface area contributed by atoms with Crippen LogP contribution in [0.1, 0.15) is 37.7 Å². The second-order valence-corrected chi connectivity index (χ2v) is 7.07. The zero-order valence-corrected chi connectivity index (χ0v) is 15.0. The molecule has 0 unspecified atom stereocenters. The number of nitriles is 1. The predicted octanol–water partition coefficient (Wildman–Crippen LogP) is 3.22. The molecule has 1 spiro atoms. The maximum absolute atomic E-state index is 14.5. The molecule has 1 aromatic carbocycles. The number of hydrogen-bond acceptors (Lipinski definition) is 6. The van der Waals surface area contributed by atoms with Crippen molar-refractivity contribution >= 4 is 45.1 Å². The third kappa shape index (κ3) is 2.62. The smallest absolute Gasteiger partial charge is 0.220 e. The normalized spacial score (nSPS) is 19.7. The van der Waals surface area contributed by atoms with E-state index in [4.69, 9.17) is 23.1 Å². The molecule has 9 heteroatoms. The topological polar surface area (TPSA) is 104 Å². The summed E-state index contributed by atoms with van der Waals surface area (Å²) in [5.41, 5.74) is 11.1. The Morgan fingerprint density at radius 2 is 2.00 bits per heavy atom. The lowest BCUT2D eigenvalue weighted by Crippen LogP contribution is -2.58. The lowest BCUT2D eigenvalue weighted by atomic mass is 9.87. The minimum atomic E-state index is -0.788. The van der Waals surface area contributed by atoms with E-state index in [0.717, 1.165) is 19.3 Å². The van der Waals surface area contributed by atoms with Crippen molar-refractivity contribution in [2.24, 2.45) is 21.5 Å². The average Bonchev–Trinajstić information content (AvgIpc) is 2.52. The minimum Gasteiger partial charge on any atom is -0.369 e. The van der Waals surface area contributed by atoms with Crippen LogP contribution in [0.25, 0.3) is 0 Å². The molecule has 4 N–H and O–H groups in total. The molecule has 1 aliphatic carbocycles. The molecule has 126 valence electrons. The van der Waals surface area contributed by atoms with Crippen molar-refractivity contribution in [1.29, 1.82) is 5.26 Å². The Labute approximate surface area is 152 Å². The molecule has 1 fully saturated rings. The summed E-state index contributed by atoms with van der Waals surface area (Å²) >= 11 is 9.41. The summed E-state index contributed by atoms with van der Waals surface area (Å²) in [6.07, 6.45) is 4.24. The molecule has 3 rings (SSSR count). The van der Waals surface area contributed by atoms with Crippen LogP contribution < -0.4 is 16.4 Å². The van der Waals surface area contributed by atoms with Crippen LogP contribution in [0, 0.1) is 17.1 Å². The molecular formula is C15H15BrClFN6. The first-order valence-electron chi connectivity index (χ1n) is 7.47. The maximum Gasteiger partial charge on any atom is 0.220 e. The highest BCUT2D eigenvalue weighted by Gasteiger charge is 2.44. The molecule has 0 bridgehead atoms. The summed E-state index contributed by atoms with van der Waals surface area (Å²) in [6.45, 7) is 0. The van der Waals surface area contributed by atoms with E-state index in [1.54, 1.807) is 4.90 Å². The number of hydrogen-bond donors (Lipinski definition) is 2. The number of nitrogens with two attached hydrogens (primary N) is 2. The van der Waals surface area contributed by atoms with E-state index in [1.165, 1.54) is 6.07 Å². The molecule has 1 heterocycles. The zero-order chi connectivity index (χ0) is 17.5. The van der Waals surface area contributed by atoms with E-state index in [0.29, 0.717) is 12.8 Å². The van der Waals surface area contributed by atoms with Gasteiger partial charge in [0.1, 0.15) is 17.3 Å². The lowest BCUT2D eigenvalue weighted by molar-refractivity contribution is 0.305. The van der Waals surface area contributed by atoms with Crippen molar-refractivity contribution in [3.63, 3.8) is 0 Å². The number of anilines is 1. The van der Waals surface area contributed by atoms with Crippen LogP contribution in [0.4, 0.5) is 10.1 Å². The summed E-state index contributed by atoms with van der Waals surface area (Å²) in [5.74, 6) is -0.555.